The highest BCUT2D eigenvalue weighted by Gasteiger charge is 2.33. The van der Waals surface area contributed by atoms with Gasteiger partial charge in [0.2, 0.25) is 0 Å². The Bertz CT molecular complexity index is 1160. The van der Waals surface area contributed by atoms with Gasteiger partial charge in [-0.05, 0) is 67.2 Å². The maximum absolute atomic E-state index is 13.4. The number of H-pyrrole nitrogens is 1. The van der Waals surface area contributed by atoms with E-state index >= 15 is 0 Å². The number of nitrogens with zero attached hydrogens (tertiary/aromatic N) is 6. The van der Waals surface area contributed by atoms with Crippen LogP contribution in [0, 0.1) is 13.8 Å². The lowest BCUT2D eigenvalue weighted by molar-refractivity contribution is 0.0878. The molecule has 0 amide bonds. The fourth-order valence-electron chi connectivity index (χ4n) is 5.00. The Hall–Kier alpha value is -2.62. The van der Waals surface area contributed by atoms with E-state index in [1.54, 1.807) is 0 Å². The van der Waals surface area contributed by atoms with Crippen molar-refractivity contribution in [2.45, 2.75) is 45.4 Å². The highest BCUT2D eigenvalue weighted by atomic mass is 16.5. The molecule has 2 aromatic heterocycles. The number of aromatic nitrogens is 5. The van der Waals surface area contributed by atoms with Crippen molar-refractivity contribution in [2.75, 3.05) is 39.8 Å². The summed E-state index contributed by atoms with van der Waals surface area (Å²) < 4.78 is 7.67. The Kier molecular flexibility index (Phi) is 5.79. The Morgan fingerprint density at radius 3 is 2.75 bits per heavy atom. The second kappa shape index (κ2) is 8.73. The van der Waals surface area contributed by atoms with Gasteiger partial charge in [-0.2, -0.15) is 0 Å². The van der Waals surface area contributed by atoms with E-state index in [2.05, 4.69) is 56.4 Å². The van der Waals surface area contributed by atoms with Crippen molar-refractivity contribution in [2.24, 2.45) is 0 Å². The van der Waals surface area contributed by atoms with Gasteiger partial charge in [-0.3, -0.25) is 9.69 Å². The van der Waals surface area contributed by atoms with Crippen LogP contribution in [-0.2, 0) is 11.3 Å². The summed E-state index contributed by atoms with van der Waals surface area (Å²) in [5, 5.41) is 13.7. The standard InChI is InChI=1S/C23H31N7O2/c1-15-11-16(2)20-17(12-15)13-19(23(31)24-20)21(29-8-6-28(3)7-9-29)22-25-26-27-30(22)14-18-5-4-10-32-18/h11-13,18,21H,4-10,14H2,1-3H3,(H,24,31). The van der Waals surface area contributed by atoms with Gasteiger partial charge in [-0.1, -0.05) is 11.6 Å². The number of nitrogens with one attached hydrogen (secondary N) is 1. The van der Waals surface area contributed by atoms with Gasteiger partial charge in [-0.15, -0.1) is 5.10 Å². The zero-order chi connectivity index (χ0) is 22.2. The molecule has 2 unspecified atom stereocenters. The average molecular weight is 438 g/mol. The molecule has 0 spiro atoms. The second-order valence-electron chi connectivity index (χ2n) is 9.20. The maximum Gasteiger partial charge on any atom is 0.253 e. The third-order valence-corrected chi connectivity index (χ3v) is 6.72. The molecule has 9 heteroatoms. The van der Waals surface area contributed by atoms with E-state index in [1.807, 2.05) is 17.7 Å². The molecule has 5 rings (SSSR count). The molecule has 0 bridgehead atoms. The highest BCUT2D eigenvalue weighted by Crippen LogP contribution is 2.29. The van der Waals surface area contributed by atoms with Crippen LogP contribution in [0.15, 0.2) is 23.0 Å². The van der Waals surface area contributed by atoms with Gasteiger partial charge in [0, 0.05) is 38.3 Å². The first-order valence-electron chi connectivity index (χ1n) is 11.4. The Morgan fingerprint density at radius 1 is 1.19 bits per heavy atom. The van der Waals surface area contributed by atoms with E-state index < -0.39 is 0 Å². The van der Waals surface area contributed by atoms with Gasteiger partial charge in [0.25, 0.3) is 5.56 Å². The lowest BCUT2D eigenvalue weighted by Gasteiger charge is -2.37. The van der Waals surface area contributed by atoms with Crippen LogP contribution in [0.2, 0.25) is 0 Å². The van der Waals surface area contributed by atoms with E-state index in [0.717, 1.165) is 62.1 Å². The molecule has 2 fully saturated rings. The van der Waals surface area contributed by atoms with Crippen LogP contribution >= 0.6 is 0 Å². The predicted octanol–water partition coefficient (Wildman–Crippen LogP) is 1.65. The highest BCUT2D eigenvalue weighted by molar-refractivity contribution is 5.83. The van der Waals surface area contributed by atoms with Crippen LogP contribution in [0.4, 0.5) is 0 Å². The molecular weight excluding hydrogens is 406 g/mol. The van der Waals surface area contributed by atoms with Gasteiger partial charge < -0.3 is 14.6 Å². The summed E-state index contributed by atoms with van der Waals surface area (Å²) in [4.78, 5) is 21.2. The van der Waals surface area contributed by atoms with Crippen molar-refractivity contribution in [3.63, 3.8) is 0 Å². The van der Waals surface area contributed by atoms with Crippen molar-refractivity contribution in [3.05, 3.63) is 51.1 Å². The first kappa shape index (κ1) is 21.2. The van der Waals surface area contributed by atoms with Crippen LogP contribution in [-0.4, -0.2) is 80.9 Å². The largest absolute Gasteiger partial charge is 0.376 e. The second-order valence-corrected chi connectivity index (χ2v) is 9.20. The Morgan fingerprint density at radius 2 is 2.00 bits per heavy atom. The van der Waals surface area contributed by atoms with Crippen LogP contribution in [0.5, 0.6) is 0 Å². The van der Waals surface area contributed by atoms with Crippen LogP contribution < -0.4 is 5.56 Å². The van der Waals surface area contributed by atoms with Crippen LogP contribution in [0.3, 0.4) is 0 Å². The van der Waals surface area contributed by atoms with E-state index in [4.69, 9.17) is 4.74 Å². The van der Waals surface area contributed by atoms with Gasteiger partial charge in [0.05, 0.1) is 18.2 Å². The van der Waals surface area contributed by atoms with Crippen molar-refractivity contribution in [3.8, 4) is 0 Å². The molecule has 2 aliphatic rings. The number of aryl methyl sites for hydroxylation is 2. The number of pyridine rings is 1. The number of ether oxygens (including phenoxy) is 1. The van der Waals surface area contributed by atoms with E-state index in [0.29, 0.717) is 17.9 Å². The summed E-state index contributed by atoms with van der Waals surface area (Å²) in [5.41, 5.74) is 3.74. The SMILES string of the molecule is Cc1cc(C)c2[nH]c(=O)c(C(c3nnnn3CC3CCCO3)N3CCN(C)CC3)cc2c1. The first-order chi connectivity index (χ1) is 15.5. The smallest absolute Gasteiger partial charge is 0.253 e. The number of aromatic amines is 1. The summed E-state index contributed by atoms with van der Waals surface area (Å²) in [6.45, 7) is 9.07. The molecule has 0 radical (unpaired) electrons. The number of rotatable bonds is 5. The molecule has 1 N–H and O–H groups in total. The minimum absolute atomic E-state index is 0.0833. The lowest BCUT2D eigenvalue weighted by Crippen LogP contribution is -2.47. The molecule has 3 aromatic rings. The minimum Gasteiger partial charge on any atom is -0.376 e. The monoisotopic (exact) mass is 437 g/mol. The van der Waals surface area contributed by atoms with Gasteiger partial charge in [-0.25, -0.2) is 4.68 Å². The third kappa shape index (κ3) is 4.07. The molecule has 32 heavy (non-hydrogen) atoms. The summed E-state index contributed by atoms with van der Waals surface area (Å²) in [7, 11) is 2.13. The molecule has 4 heterocycles. The average Bonchev–Trinajstić information content (AvgIpc) is 3.44. The fourth-order valence-corrected chi connectivity index (χ4v) is 5.00. The zero-order valence-corrected chi connectivity index (χ0v) is 19.0. The van der Waals surface area contributed by atoms with Crippen molar-refractivity contribution in [1.29, 1.82) is 0 Å². The third-order valence-electron chi connectivity index (χ3n) is 6.72. The molecule has 170 valence electrons. The molecular formula is C23H31N7O2. The first-order valence-corrected chi connectivity index (χ1v) is 11.4. The number of fused-ring (bicyclic) bond motifs is 1. The molecule has 0 aliphatic carbocycles. The predicted molar refractivity (Wildman–Crippen MR) is 122 cm³/mol. The van der Waals surface area contributed by atoms with E-state index in [-0.39, 0.29) is 17.7 Å². The summed E-state index contributed by atoms with van der Waals surface area (Å²) in [6.07, 6.45) is 2.19. The molecule has 2 atom stereocenters. The maximum atomic E-state index is 13.4. The normalized spacial score (nSPS) is 21.4. The molecule has 0 saturated carbocycles. The van der Waals surface area contributed by atoms with Crippen molar-refractivity contribution >= 4 is 10.9 Å². The van der Waals surface area contributed by atoms with Gasteiger partial charge in [0.1, 0.15) is 6.04 Å². The number of hydrogen-bond acceptors (Lipinski definition) is 7. The van der Waals surface area contributed by atoms with E-state index in [1.165, 1.54) is 5.56 Å². The molecule has 2 saturated heterocycles. The Labute approximate surface area is 187 Å². The van der Waals surface area contributed by atoms with Gasteiger partial charge >= 0.3 is 0 Å². The number of likely N-dealkylation sites (N-methyl/N-ethyl adjacent to an activating group) is 1. The number of piperazine rings is 1. The summed E-state index contributed by atoms with van der Waals surface area (Å²) >= 11 is 0. The number of benzene rings is 1. The van der Waals surface area contributed by atoms with Crippen molar-refractivity contribution < 1.29 is 4.74 Å². The summed E-state index contributed by atoms with van der Waals surface area (Å²) in [5.74, 6) is 0.708. The molecule has 9 nitrogen and oxygen atoms in total. The lowest BCUT2D eigenvalue weighted by atomic mass is 10.00. The number of hydrogen-bond donors (Lipinski definition) is 1. The van der Waals surface area contributed by atoms with Crippen LogP contribution in [0.1, 0.15) is 41.4 Å². The Balaban J connectivity index is 1.61. The van der Waals surface area contributed by atoms with Crippen LogP contribution in [0.25, 0.3) is 10.9 Å². The quantitative estimate of drug-likeness (QED) is 0.649. The summed E-state index contributed by atoms with van der Waals surface area (Å²) in [6, 6.07) is 5.94. The fraction of sp³-hybridized carbons (Fsp3) is 0.565. The van der Waals surface area contributed by atoms with Crippen molar-refractivity contribution in [1.82, 2.24) is 35.0 Å². The van der Waals surface area contributed by atoms with E-state index in [9.17, 15) is 4.79 Å². The van der Waals surface area contributed by atoms with Gasteiger partial charge in [0.15, 0.2) is 5.82 Å². The zero-order valence-electron chi connectivity index (χ0n) is 19.0. The molecule has 1 aromatic carbocycles. The minimum atomic E-state index is -0.311. The topological polar surface area (TPSA) is 92.2 Å². The molecule has 2 aliphatic heterocycles. The number of tetrazole rings is 1.